The SMILES string of the molecule is COc1cc(CN(C)CC(C)(C)O)ccc1OCc1ccncc1. The first-order chi connectivity index (χ1) is 11.4. The molecule has 0 bridgehead atoms. The van der Waals surface area contributed by atoms with Crippen LogP contribution in [0.2, 0.25) is 0 Å². The minimum absolute atomic E-state index is 0.469. The molecule has 0 amide bonds. The fraction of sp³-hybridized carbons (Fsp3) is 0.421. The van der Waals surface area contributed by atoms with Crippen LogP contribution in [0, 0.1) is 0 Å². The van der Waals surface area contributed by atoms with Gasteiger partial charge in [0.15, 0.2) is 11.5 Å². The number of aromatic nitrogens is 1. The molecule has 0 aliphatic heterocycles. The van der Waals surface area contributed by atoms with Gasteiger partial charge in [-0.3, -0.25) is 9.88 Å². The zero-order valence-electron chi connectivity index (χ0n) is 14.8. The van der Waals surface area contributed by atoms with E-state index in [1.807, 2.05) is 37.4 Å². The highest BCUT2D eigenvalue weighted by molar-refractivity contribution is 5.43. The molecular formula is C19H26N2O3. The van der Waals surface area contributed by atoms with Gasteiger partial charge in [0.2, 0.25) is 0 Å². The molecule has 5 nitrogen and oxygen atoms in total. The number of nitrogens with zero attached hydrogens (tertiary/aromatic N) is 2. The molecule has 0 aliphatic carbocycles. The standard InChI is InChI=1S/C19H26N2O3/c1-19(2,22)14-21(3)12-16-5-6-17(18(11-16)23-4)24-13-15-7-9-20-10-8-15/h5-11,22H,12-14H2,1-4H3. The third-order valence-electron chi connectivity index (χ3n) is 3.48. The summed E-state index contributed by atoms with van der Waals surface area (Å²) in [5, 5.41) is 9.90. The summed E-state index contributed by atoms with van der Waals surface area (Å²) < 4.78 is 11.3. The topological polar surface area (TPSA) is 54.8 Å². The molecule has 0 fully saturated rings. The summed E-state index contributed by atoms with van der Waals surface area (Å²) >= 11 is 0. The number of aliphatic hydroxyl groups is 1. The van der Waals surface area contributed by atoms with Gasteiger partial charge < -0.3 is 14.6 Å². The van der Waals surface area contributed by atoms with Crippen molar-refractivity contribution in [3.8, 4) is 11.5 Å². The van der Waals surface area contributed by atoms with Crippen LogP contribution in [0.4, 0.5) is 0 Å². The van der Waals surface area contributed by atoms with Crippen molar-refractivity contribution in [1.29, 1.82) is 0 Å². The maximum atomic E-state index is 9.90. The van der Waals surface area contributed by atoms with E-state index in [2.05, 4.69) is 9.88 Å². The lowest BCUT2D eigenvalue weighted by molar-refractivity contribution is 0.0424. The highest BCUT2D eigenvalue weighted by Crippen LogP contribution is 2.29. The van der Waals surface area contributed by atoms with Crippen LogP contribution in [0.3, 0.4) is 0 Å². The first-order valence-corrected chi connectivity index (χ1v) is 7.97. The number of hydrogen-bond donors (Lipinski definition) is 1. The summed E-state index contributed by atoms with van der Waals surface area (Å²) in [4.78, 5) is 6.07. The Balaban J connectivity index is 2.01. The Morgan fingerprint density at radius 1 is 1.08 bits per heavy atom. The Morgan fingerprint density at radius 2 is 1.79 bits per heavy atom. The molecular weight excluding hydrogens is 304 g/mol. The van der Waals surface area contributed by atoms with E-state index in [9.17, 15) is 5.11 Å². The van der Waals surface area contributed by atoms with Crippen LogP contribution in [0.25, 0.3) is 0 Å². The molecule has 0 saturated carbocycles. The van der Waals surface area contributed by atoms with Gasteiger partial charge in [-0.1, -0.05) is 6.07 Å². The summed E-state index contributed by atoms with van der Waals surface area (Å²) in [6, 6.07) is 9.76. The predicted octanol–water partition coefficient (Wildman–Crippen LogP) is 2.87. The normalized spacial score (nSPS) is 11.6. The fourth-order valence-corrected chi connectivity index (χ4v) is 2.60. The van der Waals surface area contributed by atoms with Gasteiger partial charge in [0, 0.05) is 25.5 Å². The third-order valence-corrected chi connectivity index (χ3v) is 3.48. The Hall–Kier alpha value is -2.11. The van der Waals surface area contributed by atoms with Crippen LogP contribution in [0.15, 0.2) is 42.7 Å². The monoisotopic (exact) mass is 330 g/mol. The Bertz CT molecular complexity index is 639. The molecule has 2 aromatic rings. The number of methoxy groups -OCH3 is 1. The van der Waals surface area contributed by atoms with Gasteiger partial charge in [-0.25, -0.2) is 0 Å². The smallest absolute Gasteiger partial charge is 0.161 e. The molecule has 0 unspecified atom stereocenters. The van der Waals surface area contributed by atoms with Crippen LogP contribution in [-0.4, -0.2) is 41.3 Å². The number of ether oxygens (including phenoxy) is 2. The van der Waals surface area contributed by atoms with Gasteiger partial charge in [0.25, 0.3) is 0 Å². The van der Waals surface area contributed by atoms with Gasteiger partial charge in [-0.05, 0) is 56.3 Å². The van der Waals surface area contributed by atoms with Crippen LogP contribution >= 0.6 is 0 Å². The van der Waals surface area contributed by atoms with Crippen molar-refractivity contribution in [2.75, 3.05) is 20.7 Å². The van der Waals surface area contributed by atoms with E-state index in [0.717, 1.165) is 17.7 Å². The van der Waals surface area contributed by atoms with Crippen LogP contribution in [0.1, 0.15) is 25.0 Å². The van der Waals surface area contributed by atoms with Gasteiger partial charge in [-0.2, -0.15) is 0 Å². The molecule has 130 valence electrons. The van der Waals surface area contributed by atoms with E-state index in [0.29, 0.717) is 24.7 Å². The van der Waals surface area contributed by atoms with E-state index in [4.69, 9.17) is 9.47 Å². The van der Waals surface area contributed by atoms with E-state index < -0.39 is 5.60 Å². The van der Waals surface area contributed by atoms with E-state index in [-0.39, 0.29) is 0 Å². The maximum absolute atomic E-state index is 9.90. The number of benzene rings is 1. The molecule has 1 N–H and O–H groups in total. The lowest BCUT2D eigenvalue weighted by atomic mass is 10.1. The second-order valence-corrected chi connectivity index (χ2v) is 6.61. The molecule has 1 aromatic carbocycles. The first-order valence-electron chi connectivity index (χ1n) is 7.97. The van der Waals surface area contributed by atoms with Gasteiger partial charge in [-0.15, -0.1) is 0 Å². The average molecular weight is 330 g/mol. The Morgan fingerprint density at radius 3 is 2.42 bits per heavy atom. The summed E-state index contributed by atoms with van der Waals surface area (Å²) in [5.41, 5.74) is 1.45. The van der Waals surface area contributed by atoms with Gasteiger partial charge in [0.1, 0.15) is 6.61 Å². The van der Waals surface area contributed by atoms with Crippen molar-refractivity contribution < 1.29 is 14.6 Å². The largest absolute Gasteiger partial charge is 0.493 e. The molecule has 0 spiro atoms. The van der Waals surface area contributed by atoms with E-state index >= 15 is 0 Å². The van der Waals surface area contributed by atoms with Crippen molar-refractivity contribution >= 4 is 0 Å². The van der Waals surface area contributed by atoms with Crippen molar-refractivity contribution in [1.82, 2.24) is 9.88 Å². The Labute approximate surface area is 143 Å². The van der Waals surface area contributed by atoms with E-state index in [1.54, 1.807) is 33.4 Å². The zero-order chi connectivity index (χ0) is 17.6. The molecule has 0 atom stereocenters. The average Bonchev–Trinajstić information content (AvgIpc) is 2.52. The van der Waals surface area contributed by atoms with E-state index in [1.165, 1.54) is 0 Å². The van der Waals surface area contributed by atoms with Crippen LogP contribution < -0.4 is 9.47 Å². The van der Waals surface area contributed by atoms with Crippen molar-refractivity contribution in [3.05, 3.63) is 53.9 Å². The maximum Gasteiger partial charge on any atom is 0.161 e. The number of rotatable bonds is 8. The first kappa shape index (κ1) is 18.2. The van der Waals surface area contributed by atoms with Crippen molar-refractivity contribution in [2.24, 2.45) is 0 Å². The Kier molecular flexibility index (Phi) is 6.17. The zero-order valence-corrected chi connectivity index (χ0v) is 14.8. The summed E-state index contributed by atoms with van der Waals surface area (Å²) in [6.07, 6.45) is 3.50. The highest BCUT2D eigenvalue weighted by atomic mass is 16.5. The summed E-state index contributed by atoms with van der Waals surface area (Å²) in [6.45, 7) is 5.40. The summed E-state index contributed by atoms with van der Waals surface area (Å²) in [5.74, 6) is 1.42. The van der Waals surface area contributed by atoms with Gasteiger partial charge >= 0.3 is 0 Å². The molecule has 0 saturated heterocycles. The fourth-order valence-electron chi connectivity index (χ4n) is 2.60. The predicted molar refractivity (Wildman–Crippen MR) is 94.2 cm³/mol. The molecule has 1 aromatic heterocycles. The highest BCUT2D eigenvalue weighted by Gasteiger charge is 2.16. The lowest BCUT2D eigenvalue weighted by Crippen LogP contribution is -2.35. The lowest BCUT2D eigenvalue weighted by Gasteiger charge is -2.25. The minimum atomic E-state index is -0.716. The molecule has 0 radical (unpaired) electrons. The number of hydrogen-bond acceptors (Lipinski definition) is 5. The second-order valence-electron chi connectivity index (χ2n) is 6.61. The quantitative estimate of drug-likeness (QED) is 0.806. The number of pyridine rings is 1. The molecule has 2 rings (SSSR count). The molecule has 24 heavy (non-hydrogen) atoms. The van der Waals surface area contributed by atoms with Crippen LogP contribution in [-0.2, 0) is 13.2 Å². The third kappa shape index (κ3) is 5.83. The van der Waals surface area contributed by atoms with Gasteiger partial charge in [0.05, 0.1) is 12.7 Å². The second kappa shape index (κ2) is 8.13. The number of likely N-dealkylation sites (N-methyl/N-ethyl adjacent to an activating group) is 1. The molecule has 1 heterocycles. The van der Waals surface area contributed by atoms with Crippen molar-refractivity contribution in [3.63, 3.8) is 0 Å². The molecule has 5 heteroatoms. The minimum Gasteiger partial charge on any atom is -0.493 e. The van der Waals surface area contributed by atoms with Crippen molar-refractivity contribution in [2.45, 2.75) is 32.6 Å². The molecule has 0 aliphatic rings. The van der Waals surface area contributed by atoms with Crippen LogP contribution in [0.5, 0.6) is 11.5 Å². The summed E-state index contributed by atoms with van der Waals surface area (Å²) in [7, 11) is 3.62.